The van der Waals surface area contributed by atoms with Crippen LogP contribution in [0.15, 0.2) is 18.2 Å². The van der Waals surface area contributed by atoms with Gasteiger partial charge in [0.05, 0.1) is 0 Å². The molecule has 0 aliphatic heterocycles. The van der Waals surface area contributed by atoms with Crippen LogP contribution in [0.2, 0.25) is 0 Å². The largest absolute Gasteiger partial charge is 0.489 e. The van der Waals surface area contributed by atoms with Crippen LogP contribution in [0.3, 0.4) is 0 Å². The maximum Gasteiger partial charge on any atom is 0.129 e. The highest BCUT2D eigenvalue weighted by molar-refractivity contribution is 5.28. The maximum atomic E-state index is 13.4. The predicted molar refractivity (Wildman–Crippen MR) is 73.6 cm³/mol. The van der Waals surface area contributed by atoms with Crippen molar-refractivity contribution in [2.24, 2.45) is 0 Å². The third-order valence-corrected chi connectivity index (χ3v) is 3.13. The lowest BCUT2D eigenvalue weighted by Gasteiger charge is -2.25. The van der Waals surface area contributed by atoms with Crippen LogP contribution in [0, 0.1) is 12.7 Å². The van der Waals surface area contributed by atoms with Gasteiger partial charge in [-0.1, -0.05) is 19.9 Å². The molecule has 0 amide bonds. The minimum Gasteiger partial charge on any atom is -0.489 e. The Morgan fingerprint density at radius 3 is 2.61 bits per heavy atom. The fraction of sp³-hybridized carbons (Fsp3) is 0.600. The van der Waals surface area contributed by atoms with Crippen LogP contribution < -0.4 is 10.1 Å². The van der Waals surface area contributed by atoms with E-state index in [1.54, 1.807) is 13.0 Å². The van der Waals surface area contributed by atoms with Crippen molar-refractivity contribution in [1.82, 2.24) is 5.32 Å². The topological polar surface area (TPSA) is 21.3 Å². The van der Waals surface area contributed by atoms with Gasteiger partial charge in [-0.15, -0.1) is 0 Å². The molecule has 0 saturated carbocycles. The molecule has 3 heteroatoms. The normalized spacial score (nSPS) is 14.3. The summed E-state index contributed by atoms with van der Waals surface area (Å²) in [5, 5.41) is 3.45. The van der Waals surface area contributed by atoms with E-state index < -0.39 is 0 Å². The summed E-state index contributed by atoms with van der Waals surface area (Å²) in [5.41, 5.74) is 0.645. The van der Waals surface area contributed by atoms with Crippen LogP contribution >= 0.6 is 0 Å². The number of rotatable bonds is 7. The molecule has 102 valence electrons. The summed E-state index contributed by atoms with van der Waals surface area (Å²) in [6, 6.07) is 5.33. The van der Waals surface area contributed by atoms with E-state index >= 15 is 0 Å². The van der Waals surface area contributed by atoms with Gasteiger partial charge < -0.3 is 10.1 Å². The second-order valence-electron chi connectivity index (χ2n) is 4.70. The fourth-order valence-corrected chi connectivity index (χ4v) is 1.92. The molecule has 2 atom stereocenters. The van der Waals surface area contributed by atoms with E-state index in [1.165, 1.54) is 6.07 Å². The molecule has 0 radical (unpaired) electrons. The van der Waals surface area contributed by atoms with Crippen molar-refractivity contribution < 1.29 is 9.13 Å². The Balaban J connectivity index is 2.61. The smallest absolute Gasteiger partial charge is 0.129 e. The van der Waals surface area contributed by atoms with Gasteiger partial charge in [-0.3, -0.25) is 0 Å². The minimum absolute atomic E-state index is 0.0312. The number of hydrogen-bond donors (Lipinski definition) is 1. The van der Waals surface area contributed by atoms with Gasteiger partial charge in [0.1, 0.15) is 17.7 Å². The van der Waals surface area contributed by atoms with Crippen molar-refractivity contribution >= 4 is 0 Å². The Hall–Kier alpha value is -1.09. The van der Waals surface area contributed by atoms with E-state index in [0.717, 1.165) is 19.4 Å². The van der Waals surface area contributed by atoms with Gasteiger partial charge in [0, 0.05) is 12.1 Å². The Kier molecular flexibility index (Phi) is 6.13. The molecular weight excluding hydrogens is 229 g/mol. The molecule has 0 aliphatic rings. The van der Waals surface area contributed by atoms with Crippen molar-refractivity contribution in [2.45, 2.75) is 52.7 Å². The second kappa shape index (κ2) is 7.37. The zero-order valence-electron chi connectivity index (χ0n) is 11.8. The van der Waals surface area contributed by atoms with E-state index in [4.69, 9.17) is 4.74 Å². The molecule has 18 heavy (non-hydrogen) atoms. The molecule has 1 aromatic rings. The molecule has 2 nitrogen and oxygen atoms in total. The van der Waals surface area contributed by atoms with Gasteiger partial charge in [-0.2, -0.15) is 0 Å². The van der Waals surface area contributed by atoms with Crippen LogP contribution in [0.25, 0.3) is 0 Å². The Morgan fingerprint density at radius 1 is 1.33 bits per heavy atom. The first kappa shape index (κ1) is 15.0. The molecule has 1 rings (SSSR count). The maximum absolute atomic E-state index is 13.4. The lowest BCUT2D eigenvalue weighted by molar-refractivity contribution is 0.166. The minimum atomic E-state index is -0.214. The molecule has 0 heterocycles. The summed E-state index contributed by atoms with van der Waals surface area (Å²) in [7, 11) is 0. The predicted octanol–water partition coefficient (Wildman–Crippen LogP) is 3.68. The van der Waals surface area contributed by atoms with Gasteiger partial charge in [-0.25, -0.2) is 4.39 Å². The monoisotopic (exact) mass is 253 g/mol. The van der Waals surface area contributed by atoms with Crippen LogP contribution in [0.1, 0.15) is 39.2 Å². The van der Waals surface area contributed by atoms with Gasteiger partial charge in [0.15, 0.2) is 0 Å². The van der Waals surface area contributed by atoms with Crippen molar-refractivity contribution in [3.63, 3.8) is 0 Å². The van der Waals surface area contributed by atoms with E-state index in [9.17, 15) is 4.39 Å². The molecular formula is C15H24FNO. The average Bonchev–Trinajstić information content (AvgIpc) is 2.35. The summed E-state index contributed by atoms with van der Waals surface area (Å²) in [6.45, 7) is 9.02. The zero-order chi connectivity index (χ0) is 13.5. The first-order valence-corrected chi connectivity index (χ1v) is 6.74. The first-order chi connectivity index (χ1) is 8.58. The summed E-state index contributed by atoms with van der Waals surface area (Å²) < 4.78 is 19.2. The van der Waals surface area contributed by atoms with Gasteiger partial charge in [0.2, 0.25) is 0 Å². The Labute approximate surface area is 110 Å². The highest BCUT2D eigenvalue weighted by Crippen LogP contribution is 2.18. The third-order valence-electron chi connectivity index (χ3n) is 3.13. The van der Waals surface area contributed by atoms with Crippen LogP contribution in [-0.2, 0) is 0 Å². The van der Waals surface area contributed by atoms with Crippen molar-refractivity contribution in [2.75, 3.05) is 6.54 Å². The molecule has 0 aliphatic carbocycles. The molecule has 0 saturated heterocycles. The van der Waals surface area contributed by atoms with Crippen LogP contribution in [0.4, 0.5) is 4.39 Å². The molecule has 1 aromatic carbocycles. The highest BCUT2D eigenvalue weighted by Gasteiger charge is 2.16. The lowest BCUT2D eigenvalue weighted by Crippen LogP contribution is -2.41. The zero-order valence-corrected chi connectivity index (χ0v) is 11.8. The number of nitrogens with one attached hydrogen (secondary N) is 1. The number of halogens is 1. The summed E-state index contributed by atoms with van der Waals surface area (Å²) in [5.74, 6) is 0.386. The van der Waals surface area contributed by atoms with Crippen molar-refractivity contribution in [3.8, 4) is 5.75 Å². The quantitative estimate of drug-likeness (QED) is 0.800. The average molecular weight is 253 g/mol. The van der Waals surface area contributed by atoms with E-state index in [0.29, 0.717) is 17.4 Å². The number of benzene rings is 1. The van der Waals surface area contributed by atoms with Gasteiger partial charge in [0.25, 0.3) is 0 Å². The first-order valence-electron chi connectivity index (χ1n) is 6.74. The Bertz CT molecular complexity index is 368. The fourth-order valence-electron chi connectivity index (χ4n) is 1.92. The van der Waals surface area contributed by atoms with Crippen molar-refractivity contribution in [3.05, 3.63) is 29.6 Å². The van der Waals surface area contributed by atoms with Crippen molar-refractivity contribution in [1.29, 1.82) is 0 Å². The van der Waals surface area contributed by atoms with Gasteiger partial charge >= 0.3 is 0 Å². The molecule has 0 fully saturated rings. The molecule has 1 N–H and O–H groups in total. The number of hydrogen-bond acceptors (Lipinski definition) is 2. The number of aryl methyl sites for hydroxylation is 1. The van der Waals surface area contributed by atoms with E-state index in [1.807, 2.05) is 13.0 Å². The molecule has 0 bridgehead atoms. The van der Waals surface area contributed by atoms with Crippen LogP contribution in [-0.4, -0.2) is 18.7 Å². The summed E-state index contributed by atoms with van der Waals surface area (Å²) >= 11 is 0. The lowest BCUT2D eigenvalue weighted by atomic mass is 10.1. The molecule has 0 aromatic heterocycles. The SMILES string of the molecule is CCCNC(CC)C(C)Oc1ccc(C)c(F)c1. The van der Waals surface area contributed by atoms with Crippen LogP contribution in [0.5, 0.6) is 5.75 Å². The molecule has 0 spiro atoms. The third kappa shape index (κ3) is 4.30. The van der Waals surface area contributed by atoms with E-state index in [-0.39, 0.29) is 11.9 Å². The Morgan fingerprint density at radius 2 is 2.06 bits per heavy atom. The molecule has 2 unspecified atom stereocenters. The second-order valence-corrected chi connectivity index (χ2v) is 4.70. The number of ether oxygens (including phenoxy) is 1. The standard InChI is InChI=1S/C15H24FNO/c1-5-9-17-15(6-2)12(4)18-13-8-7-11(3)14(16)10-13/h7-8,10,12,15,17H,5-6,9H2,1-4H3. The summed E-state index contributed by atoms with van der Waals surface area (Å²) in [6.07, 6.45) is 2.13. The summed E-state index contributed by atoms with van der Waals surface area (Å²) in [4.78, 5) is 0. The highest BCUT2D eigenvalue weighted by atomic mass is 19.1. The van der Waals surface area contributed by atoms with E-state index in [2.05, 4.69) is 19.2 Å². The van der Waals surface area contributed by atoms with Gasteiger partial charge in [-0.05, 0) is 44.9 Å².